The van der Waals surface area contributed by atoms with E-state index in [9.17, 15) is 4.79 Å². The molecule has 0 saturated carbocycles. The lowest BCUT2D eigenvalue weighted by molar-refractivity contribution is -0.120. The number of aryl methyl sites for hydroxylation is 1. The van der Waals surface area contributed by atoms with E-state index in [2.05, 4.69) is 0 Å². The number of amides is 1. The number of hydrogen-bond acceptors (Lipinski definition) is 4. The van der Waals surface area contributed by atoms with Gasteiger partial charge in [0.15, 0.2) is 11.5 Å². The molecule has 5 nitrogen and oxygen atoms in total. The fourth-order valence-corrected chi connectivity index (χ4v) is 2.53. The van der Waals surface area contributed by atoms with Gasteiger partial charge < -0.3 is 18.8 Å². The third kappa shape index (κ3) is 2.93. The molecular weight excluding hydrogens is 282 g/mol. The van der Waals surface area contributed by atoms with E-state index in [1.54, 1.807) is 11.2 Å². The zero-order valence-electron chi connectivity index (χ0n) is 12.7. The molecule has 1 unspecified atom stereocenters. The van der Waals surface area contributed by atoms with Crippen LogP contribution < -0.4 is 9.47 Å². The van der Waals surface area contributed by atoms with Gasteiger partial charge in [0.2, 0.25) is 6.41 Å². The number of furan rings is 1. The number of carbonyl (C=O) groups is 1. The van der Waals surface area contributed by atoms with Crippen molar-refractivity contribution in [1.82, 2.24) is 4.90 Å². The van der Waals surface area contributed by atoms with Crippen molar-refractivity contribution < 1.29 is 18.7 Å². The molecule has 1 atom stereocenters. The number of rotatable bonds is 5. The third-order valence-electron chi connectivity index (χ3n) is 3.80. The average Bonchev–Trinajstić information content (AvgIpc) is 2.96. The Kier molecular flexibility index (Phi) is 4.04. The van der Waals surface area contributed by atoms with Gasteiger partial charge in [-0.05, 0) is 43.2 Å². The number of fused-ring (bicyclic) bond motifs is 1. The maximum Gasteiger partial charge on any atom is 0.210 e. The monoisotopic (exact) mass is 301 g/mol. The predicted octanol–water partition coefficient (Wildman–Crippen LogP) is 3.08. The predicted molar refractivity (Wildman–Crippen MR) is 80.9 cm³/mol. The zero-order valence-corrected chi connectivity index (χ0v) is 12.7. The highest BCUT2D eigenvalue weighted by Crippen LogP contribution is 2.34. The van der Waals surface area contributed by atoms with Crippen LogP contribution in [0, 0.1) is 6.92 Å². The highest BCUT2D eigenvalue weighted by Gasteiger charge is 2.19. The Balaban J connectivity index is 1.78. The summed E-state index contributed by atoms with van der Waals surface area (Å²) in [5.41, 5.74) is 2.05. The summed E-state index contributed by atoms with van der Waals surface area (Å²) < 4.78 is 16.5. The molecule has 0 fully saturated rings. The molecule has 5 heteroatoms. The first-order valence-electron chi connectivity index (χ1n) is 7.32. The van der Waals surface area contributed by atoms with Crippen molar-refractivity contribution in [3.05, 3.63) is 47.4 Å². The van der Waals surface area contributed by atoms with Gasteiger partial charge in [0.25, 0.3) is 0 Å². The van der Waals surface area contributed by atoms with Crippen LogP contribution in [0.4, 0.5) is 0 Å². The van der Waals surface area contributed by atoms with E-state index >= 15 is 0 Å². The maximum atomic E-state index is 11.4. The van der Waals surface area contributed by atoms with Gasteiger partial charge in [0, 0.05) is 0 Å². The van der Waals surface area contributed by atoms with Gasteiger partial charge in [-0.15, -0.1) is 0 Å². The summed E-state index contributed by atoms with van der Waals surface area (Å²) >= 11 is 0. The zero-order chi connectivity index (χ0) is 15.5. The van der Waals surface area contributed by atoms with E-state index in [1.165, 1.54) is 0 Å². The van der Waals surface area contributed by atoms with Crippen LogP contribution in [0.1, 0.15) is 29.9 Å². The average molecular weight is 301 g/mol. The minimum atomic E-state index is -0.0845. The molecule has 0 N–H and O–H groups in total. The van der Waals surface area contributed by atoms with Crippen LogP contribution in [0.25, 0.3) is 0 Å². The van der Waals surface area contributed by atoms with Crippen LogP contribution in [0.3, 0.4) is 0 Å². The van der Waals surface area contributed by atoms with Gasteiger partial charge >= 0.3 is 0 Å². The van der Waals surface area contributed by atoms with Crippen LogP contribution in [-0.4, -0.2) is 24.5 Å². The van der Waals surface area contributed by atoms with E-state index in [-0.39, 0.29) is 6.04 Å². The standard InChI is InChI=1S/C17H19NO4/c1-12-7-15(22-10-12)9-18(11-19)13(2)14-3-4-16-17(8-14)21-6-5-20-16/h3-4,7-8,10-11,13H,5-6,9H2,1-2H3. The number of ether oxygens (including phenoxy) is 2. The molecule has 0 saturated heterocycles. The Hall–Kier alpha value is -2.43. The highest BCUT2D eigenvalue weighted by molar-refractivity contribution is 5.50. The Morgan fingerprint density at radius 1 is 1.23 bits per heavy atom. The van der Waals surface area contributed by atoms with Crippen molar-refractivity contribution in [2.75, 3.05) is 13.2 Å². The van der Waals surface area contributed by atoms with Gasteiger partial charge in [-0.1, -0.05) is 6.07 Å². The van der Waals surface area contributed by atoms with Crippen molar-refractivity contribution in [3.63, 3.8) is 0 Å². The molecule has 116 valence electrons. The lowest BCUT2D eigenvalue weighted by Crippen LogP contribution is -2.25. The van der Waals surface area contributed by atoms with E-state index in [0.29, 0.717) is 19.8 Å². The minimum Gasteiger partial charge on any atom is -0.486 e. The molecule has 1 aliphatic rings. The Labute approximate surface area is 129 Å². The topological polar surface area (TPSA) is 51.9 Å². The first-order chi connectivity index (χ1) is 10.7. The van der Waals surface area contributed by atoms with Crippen LogP contribution in [0.15, 0.2) is 34.9 Å². The fourth-order valence-electron chi connectivity index (χ4n) is 2.53. The molecule has 0 spiro atoms. The molecule has 1 amide bonds. The molecule has 1 aromatic carbocycles. The third-order valence-corrected chi connectivity index (χ3v) is 3.80. The van der Waals surface area contributed by atoms with Gasteiger partial charge in [-0.25, -0.2) is 0 Å². The summed E-state index contributed by atoms with van der Waals surface area (Å²) in [5.74, 6) is 2.26. The Morgan fingerprint density at radius 2 is 2.00 bits per heavy atom. The van der Waals surface area contributed by atoms with Gasteiger partial charge in [0.1, 0.15) is 19.0 Å². The van der Waals surface area contributed by atoms with Crippen molar-refractivity contribution in [2.24, 2.45) is 0 Å². The van der Waals surface area contributed by atoms with Crippen molar-refractivity contribution in [2.45, 2.75) is 26.4 Å². The van der Waals surface area contributed by atoms with Crippen LogP contribution in [-0.2, 0) is 11.3 Å². The second-order valence-electron chi connectivity index (χ2n) is 5.45. The van der Waals surface area contributed by atoms with Crippen LogP contribution in [0.2, 0.25) is 0 Å². The Bertz CT molecular complexity index is 664. The molecule has 1 aliphatic heterocycles. The highest BCUT2D eigenvalue weighted by atomic mass is 16.6. The molecular formula is C17H19NO4. The molecule has 2 heterocycles. The fraction of sp³-hybridized carbons (Fsp3) is 0.353. The van der Waals surface area contributed by atoms with Gasteiger partial charge in [-0.3, -0.25) is 4.79 Å². The quantitative estimate of drug-likeness (QED) is 0.796. The first kappa shape index (κ1) is 14.5. The summed E-state index contributed by atoms with van der Waals surface area (Å²) in [5, 5.41) is 0. The van der Waals surface area contributed by atoms with E-state index in [1.807, 2.05) is 38.1 Å². The molecule has 0 bridgehead atoms. The van der Waals surface area contributed by atoms with Gasteiger partial charge in [-0.2, -0.15) is 0 Å². The smallest absolute Gasteiger partial charge is 0.210 e. The summed E-state index contributed by atoms with van der Waals surface area (Å²) in [4.78, 5) is 13.1. The van der Waals surface area contributed by atoms with Crippen LogP contribution >= 0.6 is 0 Å². The van der Waals surface area contributed by atoms with Crippen molar-refractivity contribution in [1.29, 1.82) is 0 Å². The number of carbonyl (C=O) groups excluding carboxylic acids is 1. The minimum absolute atomic E-state index is 0.0845. The second kappa shape index (κ2) is 6.13. The van der Waals surface area contributed by atoms with E-state index < -0.39 is 0 Å². The van der Waals surface area contributed by atoms with Crippen LogP contribution in [0.5, 0.6) is 11.5 Å². The Morgan fingerprint density at radius 3 is 2.68 bits per heavy atom. The van der Waals surface area contributed by atoms with Crippen molar-refractivity contribution >= 4 is 6.41 Å². The van der Waals surface area contributed by atoms with E-state index in [4.69, 9.17) is 13.9 Å². The number of benzene rings is 1. The van der Waals surface area contributed by atoms with Crippen molar-refractivity contribution in [3.8, 4) is 11.5 Å². The summed E-state index contributed by atoms with van der Waals surface area (Å²) in [6.07, 6.45) is 2.53. The first-order valence-corrected chi connectivity index (χ1v) is 7.32. The SMILES string of the molecule is Cc1coc(CN(C=O)C(C)c2ccc3c(c2)OCCO3)c1. The maximum absolute atomic E-state index is 11.4. The molecule has 22 heavy (non-hydrogen) atoms. The molecule has 1 aromatic heterocycles. The number of nitrogens with zero attached hydrogens (tertiary/aromatic N) is 1. The molecule has 0 radical (unpaired) electrons. The lowest BCUT2D eigenvalue weighted by atomic mass is 10.1. The van der Waals surface area contributed by atoms with Gasteiger partial charge in [0.05, 0.1) is 18.8 Å². The normalized spacial score (nSPS) is 14.5. The van der Waals surface area contributed by atoms with E-state index in [0.717, 1.165) is 34.8 Å². The molecule has 2 aromatic rings. The molecule has 0 aliphatic carbocycles. The number of hydrogen-bond donors (Lipinski definition) is 0. The summed E-state index contributed by atoms with van der Waals surface area (Å²) in [6.45, 7) is 5.50. The summed E-state index contributed by atoms with van der Waals surface area (Å²) in [7, 11) is 0. The largest absolute Gasteiger partial charge is 0.486 e. The molecule has 3 rings (SSSR count). The lowest BCUT2D eigenvalue weighted by Gasteiger charge is -2.26. The second-order valence-corrected chi connectivity index (χ2v) is 5.45. The summed E-state index contributed by atoms with van der Waals surface area (Å²) in [6, 6.07) is 7.64.